The minimum atomic E-state index is -0.826. The summed E-state index contributed by atoms with van der Waals surface area (Å²) in [6.07, 6.45) is 6.45. The van der Waals surface area contributed by atoms with Crippen molar-refractivity contribution in [1.82, 2.24) is 15.1 Å². The number of unbranched alkanes of at least 4 members (excludes halogenated alkanes) is 2. The molecule has 1 fully saturated rings. The molecule has 0 radical (unpaired) electrons. The molecule has 10 heteroatoms. The zero-order valence-electron chi connectivity index (χ0n) is 20.7. The van der Waals surface area contributed by atoms with Crippen LogP contribution in [0, 0.1) is 11.2 Å². The highest BCUT2D eigenvalue weighted by atomic mass is 16.5. The summed E-state index contributed by atoms with van der Waals surface area (Å²) in [5.41, 5.74) is 0.362. The van der Waals surface area contributed by atoms with E-state index >= 15 is 0 Å². The van der Waals surface area contributed by atoms with E-state index in [4.69, 9.17) is 10.00 Å². The van der Waals surface area contributed by atoms with Crippen molar-refractivity contribution >= 4 is 31.1 Å². The molecule has 2 rings (SSSR count). The molecule has 1 aliphatic rings. The number of nitrogens with one attached hydrogen (secondary N) is 1. The van der Waals surface area contributed by atoms with E-state index in [9.17, 15) is 19.2 Å². The van der Waals surface area contributed by atoms with E-state index in [-0.39, 0.29) is 36.6 Å². The molecule has 0 spiro atoms. The molecule has 1 aromatic carbocycles. The van der Waals surface area contributed by atoms with E-state index in [2.05, 4.69) is 16.2 Å². The second-order valence-electron chi connectivity index (χ2n) is 8.81. The Labute approximate surface area is 207 Å². The third-order valence-electron chi connectivity index (χ3n) is 6.43. The van der Waals surface area contributed by atoms with Crippen LogP contribution in [0.25, 0.3) is 0 Å². The maximum absolute atomic E-state index is 13.1. The van der Waals surface area contributed by atoms with Crippen molar-refractivity contribution in [3.05, 3.63) is 29.3 Å². The van der Waals surface area contributed by atoms with Gasteiger partial charge in [0.2, 0.25) is 5.91 Å². The molecule has 1 heterocycles. The lowest BCUT2D eigenvalue weighted by molar-refractivity contribution is -0.125. The van der Waals surface area contributed by atoms with Gasteiger partial charge in [-0.05, 0) is 76.2 Å². The Morgan fingerprint density at radius 1 is 1.26 bits per heavy atom. The van der Waals surface area contributed by atoms with Gasteiger partial charge in [-0.15, -0.1) is 0 Å². The Morgan fingerprint density at radius 2 is 2.00 bits per heavy atom. The lowest BCUT2D eigenvalue weighted by Gasteiger charge is -2.27. The maximum atomic E-state index is 13.1. The normalized spacial score (nSPS) is 14.5. The first-order valence-corrected chi connectivity index (χ1v) is 12.2. The van der Waals surface area contributed by atoms with Crippen molar-refractivity contribution < 1.29 is 23.9 Å². The highest BCUT2D eigenvalue weighted by Gasteiger charge is 2.28. The van der Waals surface area contributed by atoms with Crippen LogP contribution in [-0.4, -0.2) is 87.3 Å². The summed E-state index contributed by atoms with van der Waals surface area (Å²) in [6, 6.07) is 3.90. The second-order valence-corrected chi connectivity index (χ2v) is 8.81. The fraction of sp³-hybridized carbons (Fsp3) is 0.560. The van der Waals surface area contributed by atoms with Crippen LogP contribution in [0.2, 0.25) is 12.6 Å². The number of nitrogens with zero attached hydrogens (tertiary/aromatic N) is 3. The number of hydrogen-bond donors (Lipinski definition) is 1. The van der Waals surface area contributed by atoms with Gasteiger partial charge in [0.25, 0.3) is 12.6 Å². The number of aldehydes is 2. The van der Waals surface area contributed by atoms with Gasteiger partial charge in [0.15, 0.2) is 6.29 Å². The summed E-state index contributed by atoms with van der Waals surface area (Å²) in [6.45, 7) is 3.68. The van der Waals surface area contributed by atoms with E-state index in [1.54, 1.807) is 6.07 Å². The number of likely N-dealkylation sites (N-methyl/N-ethyl adjacent to an activating group) is 2. The van der Waals surface area contributed by atoms with Gasteiger partial charge in [-0.3, -0.25) is 14.4 Å². The Kier molecular flexibility index (Phi) is 12.0. The number of benzene rings is 1. The standard InChI is InChI=1S/C25H35BN4O5/c1-28-24(33)23(7-6-15-31)29(2)25(34)22-17-21(9-8-20(22)18-32)35-16-5-3-4-12-30-13-10-26(19-27)11-14-30/h8-9,15,17-18,23H,3-7,10-14,16H2,1-2H3,(H,28,33). The van der Waals surface area contributed by atoms with Crippen molar-refractivity contribution in [3.63, 3.8) is 0 Å². The van der Waals surface area contributed by atoms with Crippen LogP contribution >= 0.6 is 0 Å². The van der Waals surface area contributed by atoms with Crippen LogP contribution in [0.15, 0.2) is 18.2 Å². The summed E-state index contributed by atoms with van der Waals surface area (Å²) < 4.78 is 5.83. The van der Waals surface area contributed by atoms with Gasteiger partial charge in [0.1, 0.15) is 18.1 Å². The predicted octanol–water partition coefficient (Wildman–Crippen LogP) is 2.09. The van der Waals surface area contributed by atoms with Crippen molar-refractivity contribution in [3.8, 4) is 11.7 Å². The van der Waals surface area contributed by atoms with Crippen LogP contribution in [0.4, 0.5) is 0 Å². The largest absolute Gasteiger partial charge is 0.494 e. The first-order chi connectivity index (χ1) is 16.9. The van der Waals surface area contributed by atoms with Crippen LogP contribution in [-0.2, 0) is 9.59 Å². The number of carbonyl (C=O) groups excluding carboxylic acids is 4. The average molecular weight is 482 g/mol. The van der Waals surface area contributed by atoms with Gasteiger partial charge in [-0.1, -0.05) is 0 Å². The Hall–Kier alpha value is -3.19. The fourth-order valence-corrected chi connectivity index (χ4v) is 4.23. The Balaban J connectivity index is 1.89. The number of ether oxygens (including phenoxy) is 1. The lowest BCUT2D eigenvalue weighted by atomic mass is 9.45. The van der Waals surface area contributed by atoms with Crippen LogP contribution < -0.4 is 10.1 Å². The van der Waals surface area contributed by atoms with Gasteiger partial charge >= 0.3 is 0 Å². The minimum Gasteiger partial charge on any atom is -0.494 e. The fourth-order valence-electron chi connectivity index (χ4n) is 4.23. The molecule has 2 amide bonds. The number of amides is 2. The van der Waals surface area contributed by atoms with E-state index in [1.165, 1.54) is 31.1 Å². The van der Waals surface area contributed by atoms with Gasteiger partial charge in [0, 0.05) is 32.0 Å². The van der Waals surface area contributed by atoms with Crippen LogP contribution in [0.1, 0.15) is 52.8 Å². The molecule has 1 saturated heterocycles. The van der Waals surface area contributed by atoms with E-state index in [0.717, 1.165) is 51.5 Å². The molecular formula is C25H35BN4O5. The summed E-state index contributed by atoms with van der Waals surface area (Å²) in [7, 11) is 2.95. The molecule has 0 aliphatic carbocycles. The quantitative estimate of drug-likeness (QED) is 0.245. The van der Waals surface area contributed by atoms with Crippen molar-refractivity contribution in [1.29, 1.82) is 5.26 Å². The van der Waals surface area contributed by atoms with Gasteiger partial charge in [-0.25, -0.2) is 5.26 Å². The zero-order valence-corrected chi connectivity index (χ0v) is 20.7. The smallest absolute Gasteiger partial charge is 0.270 e. The molecule has 1 unspecified atom stereocenters. The van der Waals surface area contributed by atoms with Crippen molar-refractivity contribution in [2.45, 2.75) is 50.8 Å². The average Bonchev–Trinajstić information content (AvgIpc) is 2.90. The van der Waals surface area contributed by atoms with Crippen LogP contribution in [0.3, 0.4) is 0 Å². The third-order valence-corrected chi connectivity index (χ3v) is 6.43. The predicted molar refractivity (Wildman–Crippen MR) is 134 cm³/mol. The van der Waals surface area contributed by atoms with Crippen molar-refractivity contribution in [2.75, 3.05) is 40.3 Å². The van der Waals surface area contributed by atoms with E-state index in [1.807, 2.05) is 0 Å². The highest BCUT2D eigenvalue weighted by Crippen LogP contribution is 2.21. The first kappa shape index (κ1) is 28.1. The monoisotopic (exact) mass is 482 g/mol. The zero-order chi connectivity index (χ0) is 25.6. The SMILES string of the molecule is CNC(=O)C(CCC=O)N(C)C(=O)c1cc(OCCCCCN2CCB(C#N)CC2)ccc1C=O. The third kappa shape index (κ3) is 8.52. The molecule has 1 aliphatic heterocycles. The molecule has 0 saturated carbocycles. The molecular weight excluding hydrogens is 447 g/mol. The summed E-state index contributed by atoms with van der Waals surface area (Å²) in [4.78, 5) is 51.4. The number of carbonyl (C=O) groups is 4. The Bertz CT molecular complexity index is 912. The lowest BCUT2D eigenvalue weighted by Crippen LogP contribution is -2.47. The summed E-state index contributed by atoms with van der Waals surface area (Å²) in [5.74, 6) is 1.97. The van der Waals surface area contributed by atoms with Crippen molar-refractivity contribution in [2.24, 2.45) is 0 Å². The topological polar surface area (TPSA) is 120 Å². The van der Waals surface area contributed by atoms with E-state index < -0.39 is 11.9 Å². The minimum absolute atomic E-state index is 0.136. The van der Waals surface area contributed by atoms with Gasteiger partial charge in [-0.2, -0.15) is 0 Å². The molecule has 188 valence electrons. The summed E-state index contributed by atoms with van der Waals surface area (Å²) in [5, 5.41) is 11.5. The number of nitriles is 1. The van der Waals surface area contributed by atoms with Gasteiger partial charge in [0.05, 0.1) is 12.2 Å². The molecule has 9 nitrogen and oxygen atoms in total. The molecule has 35 heavy (non-hydrogen) atoms. The molecule has 1 aromatic rings. The molecule has 1 N–H and O–H groups in total. The molecule has 0 aromatic heterocycles. The number of rotatable bonds is 14. The van der Waals surface area contributed by atoms with Gasteiger partial charge < -0.3 is 24.6 Å². The first-order valence-electron chi connectivity index (χ1n) is 12.2. The molecule has 1 atom stereocenters. The van der Waals surface area contributed by atoms with E-state index in [0.29, 0.717) is 24.9 Å². The van der Waals surface area contributed by atoms with Crippen LogP contribution in [0.5, 0.6) is 5.75 Å². The second kappa shape index (κ2) is 14.9. The number of hydrogen-bond acceptors (Lipinski definition) is 7. The Morgan fingerprint density at radius 3 is 2.63 bits per heavy atom. The maximum Gasteiger partial charge on any atom is 0.270 e. The summed E-state index contributed by atoms with van der Waals surface area (Å²) >= 11 is 0. The molecule has 0 bridgehead atoms. The highest BCUT2D eigenvalue weighted by molar-refractivity contribution is 6.67.